The van der Waals surface area contributed by atoms with Crippen LogP contribution in [-0.2, 0) is 32.7 Å². The first-order valence-corrected chi connectivity index (χ1v) is 7.65. The first-order chi connectivity index (χ1) is 10.3. The van der Waals surface area contributed by atoms with Gasteiger partial charge in [0.15, 0.2) is 6.61 Å². The number of allylic oxidation sites excluding steroid dienone is 3. The zero-order valence-electron chi connectivity index (χ0n) is 12.5. The first kappa shape index (κ1) is 20.7. The van der Waals surface area contributed by atoms with Crippen LogP contribution in [0.15, 0.2) is 46.2 Å². The Morgan fingerprint density at radius 2 is 1.87 bits per heavy atom. The van der Waals surface area contributed by atoms with E-state index in [9.17, 15) is 13.2 Å². The average Bonchev–Trinajstić information content (AvgIpc) is 2.47. The number of halogens is 4. The Bertz CT molecular complexity index is 623. The molecule has 7 heteroatoms. The van der Waals surface area contributed by atoms with E-state index in [-0.39, 0.29) is 38.5 Å². The molecule has 0 amide bonds. The monoisotopic (exact) mass is 509 g/mol. The Labute approximate surface area is 172 Å². The number of alkyl halides is 3. The van der Waals surface area contributed by atoms with Gasteiger partial charge >= 0.3 is 6.18 Å². The molecule has 1 aliphatic rings. The van der Waals surface area contributed by atoms with Crippen molar-refractivity contribution in [3.05, 3.63) is 57.8 Å². The molecule has 0 unspecified atom stereocenters. The minimum absolute atomic E-state index is 0. The molecular formula is C16H14F3INOY-. The van der Waals surface area contributed by atoms with Crippen LogP contribution in [0.3, 0.4) is 0 Å². The van der Waals surface area contributed by atoms with Crippen LogP contribution in [0.4, 0.5) is 13.2 Å². The van der Waals surface area contributed by atoms with Crippen molar-refractivity contribution in [3.8, 4) is 5.75 Å². The number of hydrogen-bond acceptors (Lipinski definition) is 2. The maximum Gasteiger partial charge on any atom is 0.422 e. The van der Waals surface area contributed by atoms with Crippen LogP contribution in [0, 0.1) is 6.08 Å². The number of hydrogen-bond donors (Lipinski definition) is 0. The Hall–Kier alpha value is -0.336. The predicted octanol–water partition coefficient (Wildman–Crippen LogP) is 4.94. The predicted molar refractivity (Wildman–Crippen MR) is 88.3 cm³/mol. The molecular weight excluding hydrogens is 495 g/mol. The second-order valence-corrected chi connectivity index (χ2v) is 5.77. The van der Waals surface area contributed by atoms with Gasteiger partial charge in [-0.2, -0.15) is 25.3 Å². The molecule has 0 aromatic heterocycles. The minimum atomic E-state index is -4.34. The third-order valence-corrected chi connectivity index (χ3v) is 3.99. The number of nitrogens with zero attached hydrogens (tertiary/aromatic N) is 1. The van der Waals surface area contributed by atoms with Gasteiger partial charge in [-0.15, -0.1) is 34.7 Å². The van der Waals surface area contributed by atoms with Crippen LogP contribution in [-0.4, -0.2) is 24.2 Å². The molecule has 0 N–H and O–H groups in total. The van der Waals surface area contributed by atoms with Crippen molar-refractivity contribution in [1.29, 1.82) is 0 Å². The molecule has 0 bridgehead atoms. The van der Waals surface area contributed by atoms with Gasteiger partial charge in [-0.1, -0.05) is 21.4 Å². The standard InChI is InChI=1S/C16H14F3INO.Y/c1-3-21-11(2)14(20)8-9-15(21)12-4-6-13(7-5-12)22-10-16(17,18)19;/h4-8H,2-3,10H2,1H3;/q-1;. The summed E-state index contributed by atoms with van der Waals surface area (Å²) in [6.07, 6.45) is 0.693. The maximum absolute atomic E-state index is 12.1. The van der Waals surface area contributed by atoms with Crippen molar-refractivity contribution in [1.82, 2.24) is 4.90 Å². The van der Waals surface area contributed by atoms with Gasteiger partial charge in [-0.25, -0.2) is 0 Å². The molecule has 2 nitrogen and oxygen atoms in total. The van der Waals surface area contributed by atoms with Crippen LogP contribution < -0.4 is 4.74 Å². The van der Waals surface area contributed by atoms with Crippen molar-refractivity contribution in [3.63, 3.8) is 0 Å². The molecule has 1 heterocycles. The van der Waals surface area contributed by atoms with Gasteiger partial charge in [0.05, 0.1) is 0 Å². The molecule has 0 saturated heterocycles. The van der Waals surface area contributed by atoms with E-state index in [1.165, 1.54) is 12.1 Å². The first-order valence-electron chi connectivity index (χ1n) is 6.58. The topological polar surface area (TPSA) is 12.5 Å². The van der Waals surface area contributed by atoms with Crippen molar-refractivity contribution in [2.24, 2.45) is 0 Å². The summed E-state index contributed by atoms with van der Waals surface area (Å²) in [7, 11) is 0. The van der Waals surface area contributed by atoms with E-state index in [1.54, 1.807) is 12.1 Å². The fourth-order valence-electron chi connectivity index (χ4n) is 2.02. The van der Waals surface area contributed by atoms with E-state index in [4.69, 9.17) is 4.74 Å². The number of benzene rings is 1. The summed E-state index contributed by atoms with van der Waals surface area (Å²) in [6, 6.07) is 6.48. The molecule has 0 aliphatic carbocycles. The molecule has 0 spiro atoms. The van der Waals surface area contributed by atoms with Crippen LogP contribution in [0.25, 0.3) is 5.70 Å². The zero-order valence-corrected chi connectivity index (χ0v) is 17.4. The second kappa shape index (κ2) is 8.67. The van der Waals surface area contributed by atoms with Crippen LogP contribution in [0.5, 0.6) is 5.75 Å². The summed E-state index contributed by atoms with van der Waals surface area (Å²) in [5.74, 6) is 0.185. The molecule has 121 valence electrons. The van der Waals surface area contributed by atoms with Gasteiger partial charge in [0.2, 0.25) is 0 Å². The second-order valence-electron chi connectivity index (χ2n) is 4.60. The van der Waals surface area contributed by atoms with E-state index in [2.05, 4.69) is 35.2 Å². The number of ether oxygens (including phenoxy) is 1. The van der Waals surface area contributed by atoms with Crippen LogP contribution in [0.2, 0.25) is 0 Å². The van der Waals surface area contributed by atoms with E-state index in [1.807, 2.05) is 17.9 Å². The quantitative estimate of drug-likeness (QED) is 0.422. The average molecular weight is 509 g/mol. The summed E-state index contributed by atoms with van der Waals surface area (Å²) in [4.78, 5) is 2.01. The molecule has 0 saturated carbocycles. The van der Waals surface area contributed by atoms with E-state index in [0.29, 0.717) is 0 Å². The molecule has 1 aromatic carbocycles. The Morgan fingerprint density at radius 1 is 1.26 bits per heavy atom. The van der Waals surface area contributed by atoms with Gasteiger partial charge in [-0.05, 0) is 24.8 Å². The summed E-state index contributed by atoms with van der Waals surface area (Å²) in [6.45, 7) is 5.48. The third kappa shape index (κ3) is 5.60. The van der Waals surface area contributed by atoms with Crippen LogP contribution >= 0.6 is 22.6 Å². The normalized spacial score (nSPS) is 14.8. The van der Waals surface area contributed by atoms with E-state index >= 15 is 0 Å². The Balaban J connectivity index is 0.00000264. The molecule has 1 radical (unpaired) electrons. The minimum Gasteiger partial charge on any atom is -0.484 e. The Kier molecular flexibility index (Phi) is 7.81. The third-order valence-electron chi connectivity index (χ3n) is 3.05. The van der Waals surface area contributed by atoms with Gasteiger partial charge in [0.1, 0.15) is 5.75 Å². The number of rotatable bonds is 4. The summed E-state index contributed by atoms with van der Waals surface area (Å²) in [5, 5.41) is 0. The van der Waals surface area contributed by atoms with Crippen molar-refractivity contribution in [2.75, 3.05) is 13.2 Å². The van der Waals surface area contributed by atoms with Gasteiger partial charge in [0, 0.05) is 39.3 Å². The van der Waals surface area contributed by atoms with Gasteiger partial charge < -0.3 is 9.64 Å². The molecule has 0 fully saturated rings. The molecule has 1 aromatic rings. The largest absolute Gasteiger partial charge is 0.484 e. The molecule has 1 aliphatic heterocycles. The molecule has 2 rings (SSSR count). The fourth-order valence-corrected chi connectivity index (χ4v) is 2.47. The Morgan fingerprint density at radius 3 is 2.39 bits per heavy atom. The summed E-state index contributed by atoms with van der Waals surface area (Å²) < 4.78 is 42.1. The SMILES string of the molecule is C=C1C(I)=C[C-]=C(c2ccc(OCC(F)(F)F)cc2)N1CC.[Y]. The van der Waals surface area contributed by atoms with Crippen molar-refractivity contribution < 1.29 is 50.6 Å². The van der Waals surface area contributed by atoms with Crippen molar-refractivity contribution in [2.45, 2.75) is 13.1 Å². The summed E-state index contributed by atoms with van der Waals surface area (Å²) >= 11 is 2.19. The smallest absolute Gasteiger partial charge is 0.422 e. The van der Waals surface area contributed by atoms with E-state index in [0.717, 1.165) is 27.1 Å². The van der Waals surface area contributed by atoms with Crippen molar-refractivity contribution >= 4 is 28.3 Å². The molecule has 0 atom stereocenters. The zero-order chi connectivity index (χ0) is 16.3. The summed E-state index contributed by atoms with van der Waals surface area (Å²) in [5.41, 5.74) is 2.58. The molecule has 23 heavy (non-hydrogen) atoms. The van der Waals surface area contributed by atoms with Crippen LogP contribution in [0.1, 0.15) is 12.5 Å². The van der Waals surface area contributed by atoms with Gasteiger partial charge in [0.25, 0.3) is 0 Å². The van der Waals surface area contributed by atoms with Gasteiger partial charge in [-0.3, -0.25) is 0 Å². The fraction of sp³-hybridized carbons (Fsp3) is 0.250. The number of likely N-dealkylation sites (N-methyl/N-ethyl adjacent to an activating group) is 1. The van der Waals surface area contributed by atoms with E-state index < -0.39 is 12.8 Å². The maximum atomic E-state index is 12.1.